The van der Waals surface area contributed by atoms with Crippen molar-refractivity contribution < 1.29 is 19.2 Å². The quantitative estimate of drug-likeness (QED) is 0.532. The Kier molecular flexibility index (Phi) is 1.25. The van der Waals surface area contributed by atoms with Gasteiger partial charge in [-0.25, -0.2) is 0 Å². The highest BCUT2D eigenvalue weighted by atomic mass is 14.5. The van der Waals surface area contributed by atoms with E-state index in [2.05, 4.69) is 0 Å². The maximum Gasteiger partial charge on any atom is 0.0626 e. The fraction of sp³-hybridized carbons (Fsp3) is 0.714. The Morgan fingerprint density at radius 3 is 1.90 bits per heavy atom. The molecule has 0 atom stereocenters. The van der Waals surface area contributed by atoms with Crippen molar-refractivity contribution >= 4 is 0 Å². The van der Waals surface area contributed by atoms with Crippen LogP contribution in [0.2, 0.25) is 0 Å². The zero-order valence-electron chi connectivity index (χ0n) is 27.7. The lowest BCUT2D eigenvalue weighted by Gasteiger charge is -2.36. The van der Waals surface area contributed by atoms with Crippen molar-refractivity contribution in [2.45, 2.75) is 97.0 Å². The fourth-order valence-corrected chi connectivity index (χ4v) is 3.13. The maximum absolute atomic E-state index is 8.84. The van der Waals surface area contributed by atoms with Gasteiger partial charge in [-0.05, 0) is 50.3 Å². The monoisotopic (exact) mass is 300 g/mol. The summed E-state index contributed by atoms with van der Waals surface area (Å²) in [6, 6.07) is -1.17. The Morgan fingerprint density at radius 2 is 1.48 bits per heavy atom. The van der Waals surface area contributed by atoms with E-state index in [1.807, 2.05) is 0 Å². The number of hydrogen-bond donors (Lipinski definition) is 0. The van der Waals surface area contributed by atoms with Crippen LogP contribution in [0.1, 0.15) is 117 Å². The third-order valence-corrected chi connectivity index (χ3v) is 3.95. The van der Waals surface area contributed by atoms with E-state index in [1.54, 1.807) is 41.5 Å². The van der Waals surface area contributed by atoms with E-state index in [1.165, 1.54) is 0 Å². The predicted molar refractivity (Wildman–Crippen MR) is 94.5 cm³/mol. The summed E-state index contributed by atoms with van der Waals surface area (Å²) in [5.41, 5.74) is -8.54. The Hall–Kier alpha value is -0.780. The van der Waals surface area contributed by atoms with Gasteiger partial charge in [-0.2, -0.15) is 0 Å². The topological polar surface area (TPSA) is 0 Å². The van der Waals surface area contributed by atoms with Gasteiger partial charge >= 0.3 is 0 Å². The minimum absolute atomic E-state index is 0.114. The maximum atomic E-state index is 8.84. The molecule has 2 rings (SSSR count). The smallest absolute Gasteiger partial charge is 0.0579 e. The van der Waals surface area contributed by atoms with E-state index < -0.39 is 78.7 Å². The molecule has 0 amide bonds. The third kappa shape index (κ3) is 2.67. The lowest BCUT2D eigenvalue weighted by Crippen LogP contribution is -2.27. The van der Waals surface area contributed by atoms with Gasteiger partial charge in [-0.1, -0.05) is 81.0 Å². The van der Waals surface area contributed by atoms with Crippen LogP contribution in [-0.4, -0.2) is 0 Å². The summed E-state index contributed by atoms with van der Waals surface area (Å²) in [5.74, 6) is 0. The van der Waals surface area contributed by atoms with Gasteiger partial charge in [0, 0.05) is 16.4 Å². The molecular weight excluding hydrogens is 252 g/mol. The van der Waals surface area contributed by atoms with Crippen molar-refractivity contribution in [3.05, 3.63) is 34.3 Å². The van der Waals surface area contributed by atoms with E-state index in [-0.39, 0.29) is 11.1 Å². The fourth-order valence-electron chi connectivity index (χ4n) is 3.13. The molecule has 0 spiro atoms. The van der Waals surface area contributed by atoms with E-state index in [0.29, 0.717) is 0 Å². The normalized spacial score (nSPS) is 32.7. The summed E-state index contributed by atoms with van der Waals surface area (Å²) in [6.45, 7) is -3.29. The van der Waals surface area contributed by atoms with E-state index in [0.717, 1.165) is 0 Å². The van der Waals surface area contributed by atoms with E-state index >= 15 is 0 Å². The molecule has 0 aromatic heterocycles. The van der Waals surface area contributed by atoms with E-state index in [9.17, 15) is 0 Å². The molecule has 0 heteroatoms. The van der Waals surface area contributed by atoms with Gasteiger partial charge in [0.1, 0.15) is 0 Å². The summed E-state index contributed by atoms with van der Waals surface area (Å²) in [5, 5.41) is 0. The zero-order valence-corrected chi connectivity index (χ0v) is 13.7. The van der Waals surface area contributed by atoms with Crippen LogP contribution in [0.15, 0.2) is 12.1 Å². The van der Waals surface area contributed by atoms with Crippen LogP contribution in [0.5, 0.6) is 0 Å². The lowest BCUT2D eigenvalue weighted by molar-refractivity contribution is 0.398. The Bertz CT molecular complexity index is 976. The summed E-state index contributed by atoms with van der Waals surface area (Å²) in [6.07, 6.45) is -1.25. The molecule has 0 aliphatic heterocycles. The van der Waals surface area contributed by atoms with Crippen LogP contribution in [0.25, 0.3) is 0 Å². The molecule has 1 aromatic rings. The number of benzene rings is 1. The summed E-state index contributed by atoms with van der Waals surface area (Å²) < 4.78 is 118. The van der Waals surface area contributed by atoms with Crippen LogP contribution in [-0.2, 0) is 21.7 Å². The molecule has 0 fully saturated rings. The highest BCUT2D eigenvalue weighted by molar-refractivity contribution is 5.56. The number of rotatable bonds is 0. The molecule has 0 nitrogen and oxygen atoms in total. The average molecular weight is 301 g/mol. The molecule has 0 radical (unpaired) electrons. The minimum atomic E-state index is -3.40. The van der Waals surface area contributed by atoms with Crippen LogP contribution >= 0.6 is 0 Å². The molecule has 0 saturated heterocycles. The molecular formula is C21H34. The highest BCUT2D eigenvalue weighted by Gasteiger charge is 2.45. The van der Waals surface area contributed by atoms with Gasteiger partial charge in [0.05, 0.1) is 2.74 Å². The van der Waals surface area contributed by atoms with Crippen LogP contribution in [0.4, 0.5) is 0 Å². The first-order valence-electron chi connectivity index (χ1n) is 14.2. The summed E-state index contributed by atoms with van der Waals surface area (Å²) in [4.78, 5) is 0. The van der Waals surface area contributed by atoms with Crippen molar-refractivity contribution in [1.29, 1.82) is 0 Å². The van der Waals surface area contributed by atoms with Crippen molar-refractivity contribution in [3.63, 3.8) is 0 Å². The van der Waals surface area contributed by atoms with Crippen molar-refractivity contribution in [1.82, 2.24) is 0 Å². The lowest BCUT2D eigenvalue weighted by atomic mass is 9.69. The van der Waals surface area contributed by atoms with Crippen LogP contribution < -0.4 is 0 Å². The second-order valence-corrected chi connectivity index (χ2v) is 8.24. The van der Waals surface area contributed by atoms with Gasteiger partial charge in [-0.15, -0.1) is 0 Å². The molecule has 1 aliphatic rings. The first-order chi connectivity index (χ1) is 15.0. The average Bonchev–Trinajstić information content (AvgIpc) is 2.88. The van der Waals surface area contributed by atoms with Gasteiger partial charge < -0.3 is 0 Å². The van der Waals surface area contributed by atoms with Crippen molar-refractivity contribution in [2.24, 2.45) is 0 Å². The Balaban J connectivity index is 3.59. The molecule has 1 aromatic carbocycles. The third-order valence-electron chi connectivity index (χ3n) is 3.95. The van der Waals surface area contributed by atoms with Crippen molar-refractivity contribution in [3.8, 4) is 0 Å². The van der Waals surface area contributed by atoms with Gasteiger partial charge in [0.25, 0.3) is 0 Å². The molecule has 21 heavy (non-hydrogen) atoms. The molecule has 0 heterocycles. The molecule has 118 valence electrons. The second kappa shape index (κ2) is 4.37. The first-order valence-corrected chi connectivity index (χ1v) is 7.21. The Labute approximate surface area is 152 Å². The van der Waals surface area contributed by atoms with Crippen molar-refractivity contribution in [2.75, 3.05) is 0 Å². The largest absolute Gasteiger partial charge is 0.0626 e. The Morgan fingerprint density at radius 1 is 0.905 bits per heavy atom. The second-order valence-electron chi connectivity index (χ2n) is 8.24. The number of fused-ring (bicyclic) bond motifs is 1. The van der Waals surface area contributed by atoms with Crippen LogP contribution in [0, 0.1) is 0 Å². The molecule has 0 bridgehead atoms. The SMILES string of the molecule is [2H]c1c([2H])c2c(c(C(C)(C)C)c1C(C)(C)C)C(C([2H])([2H])[2H])(C([2H])([2H])[2H])CC2(C([2H])([2H])[2H])C([2H])([2H])[2H]. The molecule has 0 unspecified atom stereocenters. The van der Waals surface area contributed by atoms with Gasteiger partial charge in [0.15, 0.2) is 0 Å². The number of hydrogen-bond acceptors (Lipinski definition) is 0. The molecule has 0 N–H and O–H groups in total. The summed E-state index contributed by atoms with van der Waals surface area (Å²) in [7, 11) is 0. The summed E-state index contributed by atoms with van der Waals surface area (Å²) >= 11 is 0. The molecule has 1 aliphatic carbocycles. The van der Waals surface area contributed by atoms with E-state index in [4.69, 9.17) is 19.2 Å². The standard InChI is InChI=1S/C21H34/c1-18(2,3)14-11-12-15-17(16(14)19(4,5)6)21(9,10)13-20(15,7)8/h11-12H,13H2,1-10H3/i7D3,8D3,9D3,10D3,11D,12D. The highest BCUT2D eigenvalue weighted by Crippen LogP contribution is 2.54. The van der Waals surface area contributed by atoms with Gasteiger partial charge in [0.2, 0.25) is 0 Å². The minimum Gasteiger partial charge on any atom is -0.0579 e. The predicted octanol–water partition coefficient (Wildman–Crippen LogP) is 6.24. The zero-order chi connectivity index (χ0) is 28.2. The molecule has 0 saturated carbocycles. The van der Waals surface area contributed by atoms with Gasteiger partial charge in [-0.3, -0.25) is 0 Å². The van der Waals surface area contributed by atoms with Crippen LogP contribution in [0.3, 0.4) is 0 Å². The first kappa shape index (κ1) is 6.02.